The number of hydrogen-bond donors (Lipinski definition) is 1. The van der Waals surface area contributed by atoms with Crippen molar-refractivity contribution >= 4 is 11.9 Å². The van der Waals surface area contributed by atoms with Crippen LogP contribution in [-0.4, -0.2) is 57.1 Å². The van der Waals surface area contributed by atoms with Gasteiger partial charge in [0, 0.05) is 45.1 Å². The second-order valence-electron chi connectivity index (χ2n) is 7.08. The second kappa shape index (κ2) is 8.79. The third-order valence-electron chi connectivity index (χ3n) is 5.03. The van der Waals surface area contributed by atoms with Gasteiger partial charge in [-0.05, 0) is 30.2 Å². The van der Waals surface area contributed by atoms with Crippen molar-refractivity contribution in [1.29, 1.82) is 0 Å². The van der Waals surface area contributed by atoms with Gasteiger partial charge < -0.3 is 10.0 Å². The fourth-order valence-corrected chi connectivity index (χ4v) is 3.52. The number of rotatable bonds is 5. The third-order valence-corrected chi connectivity index (χ3v) is 5.03. The number of pyridine rings is 1. The van der Waals surface area contributed by atoms with Crippen molar-refractivity contribution in [2.75, 3.05) is 31.1 Å². The molecule has 1 fully saturated rings. The molecule has 7 nitrogen and oxygen atoms in total. The average molecular weight is 389 g/mol. The summed E-state index contributed by atoms with van der Waals surface area (Å²) in [5, 5.41) is 9.20. The Kier molecular flexibility index (Phi) is 5.76. The minimum atomic E-state index is -0.978. The molecule has 7 heteroatoms. The number of carbonyl (C=O) groups is 1. The molecule has 0 unspecified atom stereocenters. The normalized spacial score (nSPS) is 15.1. The summed E-state index contributed by atoms with van der Waals surface area (Å²) in [6, 6.07) is 15.3. The zero-order valence-corrected chi connectivity index (χ0v) is 16.1. The van der Waals surface area contributed by atoms with Crippen LogP contribution in [0.4, 0.5) is 5.95 Å². The highest BCUT2D eigenvalue weighted by Gasteiger charge is 2.18. The Bertz CT molecular complexity index is 980. The number of carboxylic acid groups (broad SMARTS) is 1. The van der Waals surface area contributed by atoms with Gasteiger partial charge in [-0.3, -0.25) is 9.88 Å². The maximum Gasteiger partial charge on any atom is 0.335 e. The predicted octanol–water partition coefficient (Wildman–Crippen LogP) is 2.95. The lowest BCUT2D eigenvalue weighted by Gasteiger charge is -2.22. The molecule has 3 heterocycles. The number of aromatic carboxylic acids is 1. The quantitative estimate of drug-likeness (QED) is 0.718. The fourth-order valence-electron chi connectivity index (χ4n) is 3.52. The summed E-state index contributed by atoms with van der Waals surface area (Å²) >= 11 is 0. The highest BCUT2D eigenvalue weighted by molar-refractivity contribution is 5.88. The summed E-state index contributed by atoms with van der Waals surface area (Å²) in [5.41, 5.74) is 2.68. The Labute approximate surface area is 169 Å². The minimum absolute atomic E-state index is 0.196. The van der Waals surface area contributed by atoms with E-state index in [-0.39, 0.29) is 5.56 Å². The average Bonchev–Trinajstić information content (AvgIpc) is 3.00. The summed E-state index contributed by atoms with van der Waals surface area (Å²) in [5.74, 6) is -0.319. The summed E-state index contributed by atoms with van der Waals surface area (Å²) < 4.78 is 0. The molecule has 3 aromatic rings. The van der Waals surface area contributed by atoms with Crippen molar-refractivity contribution in [3.8, 4) is 11.4 Å². The number of anilines is 1. The van der Waals surface area contributed by atoms with E-state index < -0.39 is 5.97 Å². The molecule has 1 aliphatic rings. The van der Waals surface area contributed by atoms with Crippen LogP contribution < -0.4 is 4.90 Å². The molecule has 148 valence electrons. The molecule has 2 aromatic heterocycles. The van der Waals surface area contributed by atoms with Gasteiger partial charge in [-0.25, -0.2) is 14.8 Å². The smallest absolute Gasteiger partial charge is 0.335 e. The number of carboxylic acids is 1. The van der Waals surface area contributed by atoms with Gasteiger partial charge >= 0.3 is 5.97 Å². The molecule has 29 heavy (non-hydrogen) atoms. The summed E-state index contributed by atoms with van der Waals surface area (Å²) in [7, 11) is 0. The monoisotopic (exact) mass is 389 g/mol. The molecular formula is C22H23N5O2. The number of nitrogens with zero attached hydrogens (tertiary/aromatic N) is 5. The van der Waals surface area contributed by atoms with Crippen LogP contribution in [0.5, 0.6) is 0 Å². The van der Waals surface area contributed by atoms with E-state index in [9.17, 15) is 9.90 Å². The molecule has 0 amide bonds. The number of aromatic nitrogens is 3. The molecule has 1 N–H and O–H groups in total. The van der Waals surface area contributed by atoms with E-state index in [1.807, 2.05) is 6.07 Å². The third kappa shape index (κ3) is 4.75. The Morgan fingerprint density at radius 1 is 0.931 bits per heavy atom. The molecule has 0 aliphatic carbocycles. The van der Waals surface area contributed by atoms with Crippen LogP contribution in [0.3, 0.4) is 0 Å². The lowest BCUT2D eigenvalue weighted by molar-refractivity contribution is 0.0697. The van der Waals surface area contributed by atoms with Gasteiger partial charge in [0.15, 0.2) is 0 Å². The van der Waals surface area contributed by atoms with Crippen LogP contribution in [0.25, 0.3) is 11.4 Å². The fraction of sp³-hybridized carbons (Fsp3) is 0.273. The van der Waals surface area contributed by atoms with Crippen molar-refractivity contribution in [3.63, 3.8) is 0 Å². The van der Waals surface area contributed by atoms with Crippen LogP contribution in [-0.2, 0) is 6.54 Å². The van der Waals surface area contributed by atoms with E-state index in [4.69, 9.17) is 0 Å². The lowest BCUT2D eigenvalue weighted by atomic mass is 10.2. The van der Waals surface area contributed by atoms with Crippen LogP contribution >= 0.6 is 0 Å². The largest absolute Gasteiger partial charge is 0.478 e. The first-order valence-corrected chi connectivity index (χ1v) is 9.73. The highest BCUT2D eigenvalue weighted by atomic mass is 16.4. The number of benzene rings is 1. The Hall–Kier alpha value is -3.32. The van der Waals surface area contributed by atoms with Crippen molar-refractivity contribution in [1.82, 2.24) is 19.9 Å². The van der Waals surface area contributed by atoms with Crippen molar-refractivity contribution in [2.24, 2.45) is 0 Å². The molecule has 0 bridgehead atoms. The molecule has 1 saturated heterocycles. The zero-order valence-electron chi connectivity index (χ0n) is 16.1. The minimum Gasteiger partial charge on any atom is -0.478 e. The molecule has 0 saturated carbocycles. The molecule has 0 spiro atoms. The van der Waals surface area contributed by atoms with Crippen LogP contribution in [0, 0.1) is 0 Å². The first-order valence-electron chi connectivity index (χ1n) is 9.73. The SMILES string of the molecule is O=C(O)c1ccnc(-c2ccnc(N3CCCN(Cc4ccccc4)CC3)n2)c1. The van der Waals surface area contributed by atoms with Crippen LogP contribution in [0.1, 0.15) is 22.3 Å². The topological polar surface area (TPSA) is 82.4 Å². The van der Waals surface area contributed by atoms with E-state index in [1.165, 1.54) is 17.8 Å². The van der Waals surface area contributed by atoms with E-state index in [1.54, 1.807) is 18.3 Å². The van der Waals surface area contributed by atoms with Gasteiger partial charge in [0.05, 0.1) is 17.0 Å². The molecule has 1 aliphatic heterocycles. The van der Waals surface area contributed by atoms with Gasteiger partial charge in [-0.15, -0.1) is 0 Å². The lowest BCUT2D eigenvalue weighted by Crippen LogP contribution is -2.31. The Morgan fingerprint density at radius 3 is 2.59 bits per heavy atom. The van der Waals surface area contributed by atoms with Gasteiger partial charge in [0.2, 0.25) is 5.95 Å². The van der Waals surface area contributed by atoms with Gasteiger partial charge in [-0.1, -0.05) is 30.3 Å². The van der Waals surface area contributed by atoms with Crippen molar-refractivity contribution in [2.45, 2.75) is 13.0 Å². The number of hydrogen-bond acceptors (Lipinski definition) is 6. The second-order valence-corrected chi connectivity index (χ2v) is 7.08. The van der Waals surface area contributed by atoms with Crippen LogP contribution in [0.15, 0.2) is 60.9 Å². The standard InChI is InChI=1S/C22H23N5O2/c28-21(29)18-7-9-23-20(15-18)19-8-10-24-22(25-19)27-12-4-11-26(13-14-27)16-17-5-2-1-3-6-17/h1-3,5-10,15H,4,11-14,16H2,(H,28,29). The van der Waals surface area contributed by atoms with E-state index in [2.05, 4.69) is 49.0 Å². The van der Waals surface area contributed by atoms with Gasteiger partial charge in [0.25, 0.3) is 0 Å². The molecule has 0 radical (unpaired) electrons. The van der Waals surface area contributed by atoms with Crippen molar-refractivity contribution < 1.29 is 9.90 Å². The van der Waals surface area contributed by atoms with Crippen LogP contribution in [0.2, 0.25) is 0 Å². The Balaban J connectivity index is 1.47. The first kappa shape index (κ1) is 19.0. The maximum atomic E-state index is 11.2. The Morgan fingerprint density at radius 2 is 1.76 bits per heavy atom. The van der Waals surface area contributed by atoms with E-state index in [0.29, 0.717) is 17.3 Å². The van der Waals surface area contributed by atoms with E-state index in [0.717, 1.165) is 39.1 Å². The van der Waals surface area contributed by atoms with Crippen molar-refractivity contribution in [3.05, 3.63) is 72.1 Å². The summed E-state index contributed by atoms with van der Waals surface area (Å²) in [6.45, 7) is 4.65. The van der Waals surface area contributed by atoms with Gasteiger partial charge in [0.1, 0.15) is 0 Å². The maximum absolute atomic E-state index is 11.2. The summed E-state index contributed by atoms with van der Waals surface area (Å²) in [4.78, 5) is 29.3. The predicted molar refractivity (Wildman–Crippen MR) is 111 cm³/mol. The molecule has 1 aromatic carbocycles. The highest BCUT2D eigenvalue weighted by Crippen LogP contribution is 2.19. The molecule has 4 rings (SSSR count). The molecule has 0 atom stereocenters. The molecular weight excluding hydrogens is 366 g/mol. The summed E-state index contributed by atoms with van der Waals surface area (Å²) in [6.07, 6.45) is 4.24. The first-order chi connectivity index (χ1) is 14.2. The van der Waals surface area contributed by atoms with Gasteiger partial charge in [-0.2, -0.15) is 0 Å². The zero-order chi connectivity index (χ0) is 20.1. The van der Waals surface area contributed by atoms with E-state index >= 15 is 0 Å².